The quantitative estimate of drug-likeness (QED) is 0.400. The SMILES string of the molecule is C#CCCNC(=O)c1cccc([N+](=O)[O-])c1Br. The molecule has 0 aliphatic heterocycles. The summed E-state index contributed by atoms with van der Waals surface area (Å²) < 4.78 is 0.170. The van der Waals surface area contributed by atoms with Crippen LogP contribution in [-0.4, -0.2) is 17.4 Å². The predicted molar refractivity (Wildman–Crippen MR) is 66.6 cm³/mol. The molecule has 88 valence electrons. The highest BCUT2D eigenvalue weighted by Gasteiger charge is 2.18. The molecule has 0 aliphatic carbocycles. The number of nitrogens with zero attached hydrogens (tertiary/aromatic N) is 1. The first-order valence-corrected chi connectivity index (χ1v) is 5.51. The van der Waals surface area contributed by atoms with Crippen molar-refractivity contribution < 1.29 is 9.72 Å². The van der Waals surface area contributed by atoms with Crippen LogP contribution in [0, 0.1) is 22.5 Å². The zero-order chi connectivity index (χ0) is 12.8. The molecule has 0 bridgehead atoms. The van der Waals surface area contributed by atoms with Gasteiger partial charge in [0, 0.05) is 19.0 Å². The molecule has 0 saturated carbocycles. The zero-order valence-electron chi connectivity index (χ0n) is 8.77. The number of nitro benzene ring substituents is 1. The Morgan fingerprint density at radius 2 is 2.29 bits per heavy atom. The first-order valence-electron chi connectivity index (χ1n) is 4.72. The van der Waals surface area contributed by atoms with Gasteiger partial charge in [-0.2, -0.15) is 0 Å². The number of halogens is 1. The van der Waals surface area contributed by atoms with Gasteiger partial charge in [-0.25, -0.2) is 0 Å². The fourth-order valence-corrected chi connectivity index (χ4v) is 1.77. The summed E-state index contributed by atoms with van der Waals surface area (Å²) in [7, 11) is 0. The lowest BCUT2D eigenvalue weighted by Gasteiger charge is -2.05. The van der Waals surface area contributed by atoms with Crippen LogP contribution in [0.3, 0.4) is 0 Å². The highest BCUT2D eigenvalue weighted by atomic mass is 79.9. The summed E-state index contributed by atoms with van der Waals surface area (Å²) in [6, 6.07) is 4.28. The molecule has 0 aliphatic rings. The molecule has 6 heteroatoms. The van der Waals surface area contributed by atoms with Gasteiger partial charge in [0.15, 0.2) is 0 Å². The van der Waals surface area contributed by atoms with Crippen molar-refractivity contribution in [3.05, 3.63) is 38.3 Å². The third-order valence-corrected chi connectivity index (χ3v) is 2.81. The number of terminal acetylenes is 1. The van der Waals surface area contributed by atoms with Crippen molar-refractivity contribution in [1.82, 2.24) is 5.32 Å². The van der Waals surface area contributed by atoms with Crippen LogP contribution >= 0.6 is 15.9 Å². The summed E-state index contributed by atoms with van der Waals surface area (Å²) in [5.74, 6) is 1.99. The fourth-order valence-electron chi connectivity index (χ4n) is 1.18. The third kappa shape index (κ3) is 3.29. The van der Waals surface area contributed by atoms with Crippen LogP contribution < -0.4 is 5.32 Å². The Labute approximate surface area is 106 Å². The normalized spacial score (nSPS) is 9.41. The minimum absolute atomic E-state index is 0.144. The molecule has 1 N–H and O–H groups in total. The Bertz CT molecular complexity index is 494. The lowest BCUT2D eigenvalue weighted by atomic mass is 10.2. The van der Waals surface area contributed by atoms with E-state index in [0.29, 0.717) is 13.0 Å². The number of hydrogen-bond donors (Lipinski definition) is 1. The molecule has 0 fully saturated rings. The number of hydrogen-bond acceptors (Lipinski definition) is 3. The van der Waals surface area contributed by atoms with Crippen LogP contribution in [-0.2, 0) is 0 Å². The number of carbonyl (C=O) groups excluding carboxylic acids is 1. The summed E-state index contributed by atoms with van der Waals surface area (Å²) in [6.45, 7) is 0.338. The molecule has 1 aromatic rings. The molecule has 0 unspecified atom stereocenters. The monoisotopic (exact) mass is 296 g/mol. The van der Waals surface area contributed by atoms with Crippen molar-refractivity contribution in [2.45, 2.75) is 6.42 Å². The Morgan fingerprint density at radius 3 is 2.88 bits per heavy atom. The smallest absolute Gasteiger partial charge is 0.284 e. The van der Waals surface area contributed by atoms with Crippen LogP contribution in [0.4, 0.5) is 5.69 Å². The van der Waals surface area contributed by atoms with Crippen LogP contribution in [0.2, 0.25) is 0 Å². The first kappa shape index (κ1) is 13.2. The summed E-state index contributed by atoms with van der Waals surface area (Å²) in [6.07, 6.45) is 5.46. The molecule has 0 atom stereocenters. The average Bonchev–Trinajstić information content (AvgIpc) is 2.29. The van der Waals surface area contributed by atoms with Crippen LogP contribution in [0.5, 0.6) is 0 Å². The zero-order valence-corrected chi connectivity index (χ0v) is 10.4. The van der Waals surface area contributed by atoms with Crippen molar-refractivity contribution in [3.63, 3.8) is 0 Å². The molecule has 0 spiro atoms. The Hall–Kier alpha value is -1.87. The number of nitro groups is 1. The second kappa shape index (κ2) is 6.01. The second-order valence-electron chi connectivity index (χ2n) is 3.11. The molecular formula is C11H9BrN2O3. The van der Waals surface area contributed by atoms with Gasteiger partial charge < -0.3 is 5.32 Å². The van der Waals surface area contributed by atoms with Gasteiger partial charge in [-0.1, -0.05) is 6.07 Å². The Balaban J connectivity index is 2.92. The summed E-state index contributed by atoms with van der Waals surface area (Å²) >= 11 is 3.05. The van der Waals surface area contributed by atoms with Gasteiger partial charge in [0.2, 0.25) is 0 Å². The van der Waals surface area contributed by atoms with E-state index in [-0.39, 0.29) is 15.7 Å². The van der Waals surface area contributed by atoms with E-state index in [0.717, 1.165) is 0 Å². The molecule has 0 radical (unpaired) electrons. The minimum Gasteiger partial charge on any atom is -0.351 e. The number of benzene rings is 1. The predicted octanol–water partition coefficient (Wildman–Crippen LogP) is 2.11. The molecule has 1 rings (SSSR count). The third-order valence-electron chi connectivity index (χ3n) is 1.97. The van der Waals surface area contributed by atoms with E-state index in [4.69, 9.17) is 6.42 Å². The molecule has 0 aromatic heterocycles. The van der Waals surface area contributed by atoms with Crippen molar-refractivity contribution in [2.24, 2.45) is 0 Å². The lowest BCUT2D eigenvalue weighted by Crippen LogP contribution is -2.24. The van der Waals surface area contributed by atoms with Crippen molar-refractivity contribution in [3.8, 4) is 12.3 Å². The molecule has 5 nitrogen and oxygen atoms in total. The molecule has 0 heterocycles. The first-order chi connectivity index (χ1) is 8.07. The largest absolute Gasteiger partial charge is 0.351 e. The van der Waals surface area contributed by atoms with Gasteiger partial charge in [-0.05, 0) is 22.0 Å². The molecular weight excluding hydrogens is 288 g/mol. The lowest BCUT2D eigenvalue weighted by molar-refractivity contribution is -0.385. The number of rotatable bonds is 4. The summed E-state index contributed by atoms with van der Waals surface area (Å²) in [5.41, 5.74) is 0.0748. The molecule has 0 saturated heterocycles. The van der Waals surface area contributed by atoms with E-state index in [1.807, 2.05) is 0 Å². The maximum Gasteiger partial charge on any atom is 0.284 e. The summed E-state index contributed by atoms with van der Waals surface area (Å²) in [4.78, 5) is 21.8. The van der Waals surface area contributed by atoms with Crippen molar-refractivity contribution >= 4 is 27.5 Å². The Kier molecular flexibility index (Phi) is 4.67. The highest BCUT2D eigenvalue weighted by molar-refractivity contribution is 9.10. The van der Waals surface area contributed by atoms with Crippen LogP contribution in [0.25, 0.3) is 0 Å². The Morgan fingerprint density at radius 1 is 1.59 bits per heavy atom. The topological polar surface area (TPSA) is 72.2 Å². The van der Waals surface area contributed by atoms with Crippen LogP contribution in [0.15, 0.2) is 22.7 Å². The van der Waals surface area contributed by atoms with E-state index in [1.165, 1.54) is 18.2 Å². The second-order valence-corrected chi connectivity index (χ2v) is 3.90. The molecule has 1 amide bonds. The van der Waals surface area contributed by atoms with Gasteiger partial charge >= 0.3 is 0 Å². The number of nitrogens with one attached hydrogen (secondary N) is 1. The van der Waals surface area contributed by atoms with Gasteiger partial charge in [0.05, 0.1) is 10.5 Å². The standard InChI is InChI=1S/C11H9BrN2O3/c1-2-3-7-13-11(15)8-5-4-6-9(10(8)12)14(16)17/h1,4-6H,3,7H2,(H,13,15). The highest BCUT2D eigenvalue weighted by Crippen LogP contribution is 2.28. The van der Waals surface area contributed by atoms with E-state index in [2.05, 4.69) is 27.2 Å². The van der Waals surface area contributed by atoms with Gasteiger partial charge in [0.25, 0.3) is 11.6 Å². The van der Waals surface area contributed by atoms with Crippen LogP contribution in [0.1, 0.15) is 16.8 Å². The number of amides is 1. The van der Waals surface area contributed by atoms with Crippen molar-refractivity contribution in [2.75, 3.05) is 6.54 Å². The minimum atomic E-state index is -0.553. The molecule has 1 aromatic carbocycles. The van der Waals surface area contributed by atoms with Gasteiger partial charge in [0.1, 0.15) is 4.47 Å². The van der Waals surface area contributed by atoms with E-state index >= 15 is 0 Å². The fraction of sp³-hybridized carbons (Fsp3) is 0.182. The van der Waals surface area contributed by atoms with E-state index in [1.54, 1.807) is 0 Å². The van der Waals surface area contributed by atoms with E-state index < -0.39 is 10.8 Å². The maximum atomic E-state index is 11.7. The maximum absolute atomic E-state index is 11.7. The van der Waals surface area contributed by atoms with Gasteiger partial charge in [-0.3, -0.25) is 14.9 Å². The molecule has 17 heavy (non-hydrogen) atoms. The average molecular weight is 297 g/mol. The summed E-state index contributed by atoms with van der Waals surface area (Å²) in [5, 5.41) is 13.2. The van der Waals surface area contributed by atoms with E-state index in [9.17, 15) is 14.9 Å². The van der Waals surface area contributed by atoms with Crippen molar-refractivity contribution in [1.29, 1.82) is 0 Å². The number of carbonyl (C=O) groups is 1. The van der Waals surface area contributed by atoms with Gasteiger partial charge in [-0.15, -0.1) is 12.3 Å².